The summed E-state index contributed by atoms with van der Waals surface area (Å²) in [6.07, 6.45) is 0. The maximum atomic E-state index is 11.1. The van der Waals surface area contributed by atoms with Gasteiger partial charge in [0.05, 0.1) is 7.11 Å². The van der Waals surface area contributed by atoms with Crippen LogP contribution >= 0.6 is 39.1 Å². The minimum atomic E-state index is -0.381. The van der Waals surface area contributed by atoms with E-state index in [4.69, 9.17) is 23.2 Å². The maximum Gasteiger partial charge on any atom is 0.320 e. The Kier molecular flexibility index (Phi) is 6.27. The minimum absolute atomic E-state index is 0.317. The van der Waals surface area contributed by atoms with E-state index in [1.807, 2.05) is 0 Å². The Bertz CT molecular complexity index is 381. The number of esters is 1. The lowest BCUT2D eigenvalue weighted by atomic mass is 10.2. The molecule has 0 bridgehead atoms. The van der Waals surface area contributed by atoms with Crippen LogP contribution < -0.4 is 5.32 Å². The molecule has 1 rings (SSSR count). The van der Waals surface area contributed by atoms with Gasteiger partial charge in [0.2, 0.25) is 0 Å². The van der Waals surface area contributed by atoms with Crippen molar-refractivity contribution in [2.75, 3.05) is 13.7 Å². The topological polar surface area (TPSA) is 38.3 Å². The number of rotatable bonds is 5. The van der Waals surface area contributed by atoms with E-state index in [1.165, 1.54) is 7.11 Å². The molecule has 0 radical (unpaired) electrons. The number of hydrogen-bond acceptors (Lipinski definition) is 3. The number of ether oxygens (including phenoxy) is 1. The van der Waals surface area contributed by atoms with E-state index in [2.05, 4.69) is 26.0 Å². The van der Waals surface area contributed by atoms with Crippen molar-refractivity contribution >= 4 is 45.1 Å². The molecule has 3 nitrogen and oxygen atoms in total. The average Bonchev–Trinajstić information content (AvgIpc) is 2.31. The number of hydrogen-bond donors (Lipinski definition) is 1. The van der Waals surface area contributed by atoms with Crippen molar-refractivity contribution in [3.8, 4) is 0 Å². The SMILES string of the molecule is COC(=O)C(Br)CNCc1c(Cl)cccc1Cl. The first kappa shape index (κ1) is 14.8. The summed E-state index contributed by atoms with van der Waals surface area (Å²) in [5.41, 5.74) is 0.820. The molecule has 0 aliphatic carbocycles. The van der Waals surface area contributed by atoms with E-state index < -0.39 is 0 Å². The van der Waals surface area contributed by atoms with E-state index >= 15 is 0 Å². The van der Waals surface area contributed by atoms with Crippen LogP contribution in [-0.4, -0.2) is 24.5 Å². The fraction of sp³-hybridized carbons (Fsp3) is 0.364. The third-order valence-corrected chi connectivity index (χ3v) is 3.55. The zero-order valence-electron chi connectivity index (χ0n) is 9.17. The van der Waals surface area contributed by atoms with E-state index in [0.29, 0.717) is 23.1 Å². The van der Waals surface area contributed by atoms with Gasteiger partial charge >= 0.3 is 5.97 Å². The largest absolute Gasteiger partial charge is 0.468 e. The van der Waals surface area contributed by atoms with E-state index in [0.717, 1.165) is 5.56 Å². The lowest BCUT2D eigenvalue weighted by molar-refractivity contribution is -0.139. The van der Waals surface area contributed by atoms with Gasteiger partial charge in [-0.15, -0.1) is 0 Å². The van der Waals surface area contributed by atoms with Gasteiger partial charge in [0.1, 0.15) is 4.83 Å². The Hall–Kier alpha value is -0.290. The van der Waals surface area contributed by atoms with Crippen molar-refractivity contribution in [1.82, 2.24) is 5.32 Å². The van der Waals surface area contributed by atoms with Gasteiger partial charge in [-0.3, -0.25) is 4.79 Å². The molecule has 1 N–H and O–H groups in total. The highest BCUT2D eigenvalue weighted by Gasteiger charge is 2.14. The van der Waals surface area contributed by atoms with Gasteiger partial charge in [0, 0.05) is 28.7 Å². The Labute approximate surface area is 119 Å². The number of halogens is 3. The second-order valence-electron chi connectivity index (χ2n) is 3.32. The van der Waals surface area contributed by atoms with Crippen LogP contribution in [0.15, 0.2) is 18.2 Å². The summed E-state index contributed by atoms with van der Waals surface area (Å²) in [7, 11) is 1.35. The molecule has 0 saturated carbocycles. The van der Waals surface area contributed by atoms with Crippen LogP contribution in [0.1, 0.15) is 5.56 Å². The lowest BCUT2D eigenvalue weighted by Gasteiger charge is -2.11. The molecule has 0 spiro atoms. The number of methoxy groups -OCH3 is 1. The summed E-state index contributed by atoms with van der Waals surface area (Å²) in [4.78, 5) is 10.7. The number of alkyl halides is 1. The predicted molar refractivity (Wildman–Crippen MR) is 72.9 cm³/mol. The second-order valence-corrected chi connectivity index (χ2v) is 5.24. The van der Waals surface area contributed by atoms with Crippen LogP contribution in [0.2, 0.25) is 10.0 Å². The summed E-state index contributed by atoms with van der Waals surface area (Å²) < 4.78 is 4.58. The zero-order valence-corrected chi connectivity index (χ0v) is 12.3. The Morgan fingerprint density at radius 2 is 2.06 bits per heavy atom. The fourth-order valence-corrected chi connectivity index (χ4v) is 2.18. The van der Waals surface area contributed by atoms with Gasteiger partial charge in [0.25, 0.3) is 0 Å². The van der Waals surface area contributed by atoms with Gasteiger partial charge < -0.3 is 10.1 Å². The van der Waals surface area contributed by atoms with Crippen molar-refractivity contribution in [2.24, 2.45) is 0 Å². The van der Waals surface area contributed by atoms with Crippen LogP contribution in [0, 0.1) is 0 Å². The van der Waals surface area contributed by atoms with E-state index in [9.17, 15) is 4.79 Å². The van der Waals surface area contributed by atoms with Crippen LogP contribution in [0.5, 0.6) is 0 Å². The molecule has 0 aliphatic heterocycles. The first-order valence-corrected chi connectivity index (χ1v) is 6.59. The van der Waals surface area contributed by atoms with Crippen LogP contribution in [0.25, 0.3) is 0 Å². The molecule has 94 valence electrons. The monoisotopic (exact) mass is 339 g/mol. The van der Waals surface area contributed by atoms with Crippen molar-refractivity contribution in [2.45, 2.75) is 11.4 Å². The normalized spacial score (nSPS) is 12.2. The molecule has 0 heterocycles. The van der Waals surface area contributed by atoms with Gasteiger partial charge in [-0.05, 0) is 12.1 Å². The highest BCUT2D eigenvalue weighted by molar-refractivity contribution is 9.10. The molecule has 6 heteroatoms. The summed E-state index contributed by atoms with van der Waals surface area (Å²) in [6, 6.07) is 5.34. The molecule has 17 heavy (non-hydrogen) atoms. The zero-order chi connectivity index (χ0) is 12.8. The molecule has 0 amide bonds. The highest BCUT2D eigenvalue weighted by Crippen LogP contribution is 2.23. The smallest absolute Gasteiger partial charge is 0.320 e. The standard InChI is InChI=1S/C11H12BrCl2NO2/c1-17-11(16)8(12)6-15-5-7-9(13)3-2-4-10(7)14/h2-4,8,15H,5-6H2,1H3. The molecule has 1 atom stereocenters. The molecular formula is C11H12BrCl2NO2. The molecule has 0 fully saturated rings. The molecule has 1 aromatic rings. The average molecular weight is 341 g/mol. The van der Waals surface area contributed by atoms with Gasteiger partial charge in [-0.2, -0.15) is 0 Å². The summed E-state index contributed by atoms with van der Waals surface area (Å²) in [6.45, 7) is 0.936. The number of carbonyl (C=O) groups is 1. The van der Waals surface area contributed by atoms with Crippen LogP contribution in [0.4, 0.5) is 0 Å². The predicted octanol–water partition coefficient (Wildman–Crippen LogP) is 3.02. The van der Waals surface area contributed by atoms with Crippen LogP contribution in [0.3, 0.4) is 0 Å². The quantitative estimate of drug-likeness (QED) is 0.661. The molecule has 0 aliphatic rings. The van der Waals surface area contributed by atoms with Gasteiger partial charge in [0.15, 0.2) is 0 Å². The van der Waals surface area contributed by atoms with E-state index in [1.54, 1.807) is 18.2 Å². The number of carbonyl (C=O) groups excluding carboxylic acids is 1. The molecule has 1 unspecified atom stereocenters. The number of nitrogens with one attached hydrogen (secondary N) is 1. The third kappa shape index (κ3) is 4.47. The number of benzene rings is 1. The summed E-state index contributed by atoms with van der Waals surface area (Å²) in [5.74, 6) is -0.317. The summed E-state index contributed by atoms with van der Waals surface area (Å²) >= 11 is 15.2. The Morgan fingerprint density at radius 3 is 2.59 bits per heavy atom. The van der Waals surface area contributed by atoms with Crippen molar-refractivity contribution in [1.29, 1.82) is 0 Å². The Balaban J connectivity index is 2.49. The second kappa shape index (κ2) is 7.21. The van der Waals surface area contributed by atoms with Gasteiger partial charge in [-0.25, -0.2) is 0 Å². The highest BCUT2D eigenvalue weighted by atomic mass is 79.9. The third-order valence-electron chi connectivity index (χ3n) is 2.14. The van der Waals surface area contributed by atoms with E-state index in [-0.39, 0.29) is 10.8 Å². The summed E-state index contributed by atoms with van der Waals surface area (Å²) in [5, 5.41) is 4.29. The Morgan fingerprint density at radius 1 is 1.47 bits per heavy atom. The first-order valence-electron chi connectivity index (χ1n) is 4.91. The maximum absolute atomic E-state index is 11.1. The molecule has 1 aromatic carbocycles. The molecule has 0 aromatic heterocycles. The minimum Gasteiger partial charge on any atom is -0.468 e. The van der Waals surface area contributed by atoms with Crippen molar-refractivity contribution < 1.29 is 9.53 Å². The first-order chi connectivity index (χ1) is 8.06. The van der Waals surface area contributed by atoms with Crippen LogP contribution in [-0.2, 0) is 16.1 Å². The molecule has 0 saturated heterocycles. The molecular weight excluding hydrogens is 329 g/mol. The van der Waals surface area contributed by atoms with Gasteiger partial charge in [-0.1, -0.05) is 45.2 Å². The van der Waals surface area contributed by atoms with Crippen molar-refractivity contribution in [3.05, 3.63) is 33.8 Å². The fourth-order valence-electron chi connectivity index (χ4n) is 1.24. The van der Waals surface area contributed by atoms with Crippen molar-refractivity contribution in [3.63, 3.8) is 0 Å². The lowest BCUT2D eigenvalue weighted by Crippen LogP contribution is -2.29.